The highest BCUT2D eigenvalue weighted by Crippen LogP contribution is 2.16. The minimum absolute atomic E-state index is 0.513. The molecule has 3 rings (SSSR count). The van der Waals surface area contributed by atoms with E-state index in [0.29, 0.717) is 23.8 Å². The summed E-state index contributed by atoms with van der Waals surface area (Å²) in [5.41, 5.74) is 2.72. The van der Waals surface area contributed by atoms with Crippen molar-refractivity contribution in [2.45, 2.75) is 26.7 Å². The highest BCUT2D eigenvalue weighted by Gasteiger charge is 2.13. The monoisotopic (exact) mass is 270 g/mol. The standard InChI is InChI=1S/C14H14N4O2/c1-9-11(10(2)19-17-9)6-7-13-16-14(18-20-13)12-5-3-4-8-15-12/h3-5,8H,6-7H2,1-2H3. The van der Waals surface area contributed by atoms with Crippen LogP contribution in [0.25, 0.3) is 11.5 Å². The van der Waals surface area contributed by atoms with E-state index in [2.05, 4.69) is 20.3 Å². The Hall–Kier alpha value is -2.50. The van der Waals surface area contributed by atoms with E-state index >= 15 is 0 Å². The zero-order valence-corrected chi connectivity index (χ0v) is 11.3. The molecule has 3 heterocycles. The topological polar surface area (TPSA) is 77.8 Å². The molecule has 0 bridgehead atoms. The number of pyridine rings is 1. The lowest BCUT2D eigenvalue weighted by Crippen LogP contribution is -1.94. The van der Waals surface area contributed by atoms with Gasteiger partial charge in [-0.1, -0.05) is 16.4 Å². The van der Waals surface area contributed by atoms with Gasteiger partial charge in [-0.3, -0.25) is 4.98 Å². The fourth-order valence-electron chi connectivity index (χ4n) is 2.05. The van der Waals surface area contributed by atoms with Crippen LogP contribution in [0.1, 0.15) is 22.9 Å². The summed E-state index contributed by atoms with van der Waals surface area (Å²) in [5, 5.41) is 7.87. The van der Waals surface area contributed by atoms with Crippen LogP contribution in [0.4, 0.5) is 0 Å². The molecule has 0 spiro atoms. The molecule has 0 aromatic carbocycles. The molecule has 6 heteroatoms. The molecule has 102 valence electrons. The predicted octanol–water partition coefficient (Wildman–Crippen LogP) is 2.52. The average Bonchev–Trinajstić information content (AvgIpc) is 3.06. The zero-order chi connectivity index (χ0) is 13.9. The van der Waals surface area contributed by atoms with Gasteiger partial charge in [0.1, 0.15) is 11.5 Å². The largest absolute Gasteiger partial charge is 0.361 e. The van der Waals surface area contributed by atoms with Gasteiger partial charge in [0.2, 0.25) is 11.7 Å². The number of hydrogen-bond acceptors (Lipinski definition) is 6. The van der Waals surface area contributed by atoms with Gasteiger partial charge in [0.25, 0.3) is 0 Å². The quantitative estimate of drug-likeness (QED) is 0.725. The van der Waals surface area contributed by atoms with Crippen LogP contribution in [0.5, 0.6) is 0 Å². The summed E-state index contributed by atoms with van der Waals surface area (Å²) in [6.45, 7) is 3.83. The van der Waals surface area contributed by atoms with Gasteiger partial charge in [-0.05, 0) is 32.4 Å². The SMILES string of the molecule is Cc1noc(C)c1CCc1nc(-c2ccccn2)no1. The third-order valence-corrected chi connectivity index (χ3v) is 3.13. The van der Waals surface area contributed by atoms with Crippen molar-refractivity contribution in [1.29, 1.82) is 0 Å². The summed E-state index contributed by atoms with van der Waals surface area (Å²) in [6.07, 6.45) is 3.13. The van der Waals surface area contributed by atoms with Crippen LogP contribution in [-0.2, 0) is 12.8 Å². The molecular weight excluding hydrogens is 256 g/mol. The Morgan fingerprint density at radius 3 is 2.65 bits per heavy atom. The molecule has 3 aromatic rings. The van der Waals surface area contributed by atoms with Crippen molar-refractivity contribution in [2.75, 3.05) is 0 Å². The van der Waals surface area contributed by atoms with Gasteiger partial charge in [0.15, 0.2) is 0 Å². The van der Waals surface area contributed by atoms with E-state index in [9.17, 15) is 0 Å². The Labute approximate surface area is 115 Å². The maximum Gasteiger partial charge on any atom is 0.227 e. The minimum atomic E-state index is 0.513. The second-order valence-corrected chi connectivity index (χ2v) is 4.53. The average molecular weight is 270 g/mol. The molecule has 0 amide bonds. The van der Waals surface area contributed by atoms with Gasteiger partial charge in [-0.15, -0.1) is 0 Å². The van der Waals surface area contributed by atoms with Crippen molar-refractivity contribution in [3.63, 3.8) is 0 Å². The molecule has 6 nitrogen and oxygen atoms in total. The molecule has 0 saturated heterocycles. The van der Waals surface area contributed by atoms with Crippen molar-refractivity contribution in [1.82, 2.24) is 20.3 Å². The molecule has 0 aliphatic heterocycles. The third kappa shape index (κ3) is 2.45. The van der Waals surface area contributed by atoms with Crippen LogP contribution in [-0.4, -0.2) is 20.3 Å². The van der Waals surface area contributed by atoms with E-state index < -0.39 is 0 Å². The molecule has 0 fully saturated rings. The molecule has 0 N–H and O–H groups in total. The van der Waals surface area contributed by atoms with Crippen molar-refractivity contribution in [2.24, 2.45) is 0 Å². The minimum Gasteiger partial charge on any atom is -0.361 e. The molecule has 0 saturated carbocycles. The summed E-state index contributed by atoms with van der Waals surface area (Å²) >= 11 is 0. The molecule has 0 radical (unpaired) electrons. The van der Waals surface area contributed by atoms with Crippen molar-refractivity contribution in [3.8, 4) is 11.5 Å². The van der Waals surface area contributed by atoms with Crippen LogP contribution in [0, 0.1) is 13.8 Å². The van der Waals surface area contributed by atoms with E-state index in [4.69, 9.17) is 9.05 Å². The Bertz CT molecular complexity index is 684. The van der Waals surface area contributed by atoms with Gasteiger partial charge in [0.05, 0.1) is 5.69 Å². The van der Waals surface area contributed by atoms with Crippen LogP contribution >= 0.6 is 0 Å². The van der Waals surface area contributed by atoms with Gasteiger partial charge in [-0.2, -0.15) is 4.98 Å². The summed E-state index contributed by atoms with van der Waals surface area (Å²) in [4.78, 5) is 8.54. The maximum atomic E-state index is 5.24. The van der Waals surface area contributed by atoms with Crippen molar-refractivity contribution < 1.29 is 9.05 Å². The van der Waals surface area contributed by atoms with E-state index in [1.807, 2.05) is 32.0 Å². The summed E-state index contributed by atoms with van der Waals surface area (Å²) in [6, 6.07) is 5.59. The van der Waals surface area contributed by atoms with Crippen molar-refractivity contribution >= 4 is 0 Å². The van der Waals surface area contributed by atoms with E-state index in [1.165, 1.54) is 0 Å². The second-order valence-electron chi connectivity index (χ2n) is 4.53. The fraction of sp³-hybridized carbons (Fsp3) is 0.286. The Kier molecular flexibility index (Phi) is 3.28. The number of rotatable bonds is 4. The Balaban J connectivity index is 1.72. The lowest BCUT2D eigenvalue weighted by Gasteiger charge is -1.95. The molecule has 0 atom stereocenters. The summed E-state index contributed by atoms with van der Waals surface area (Å²) < 4.78 is 10.4. The second kappa shape index (κ2) is 5.24. The van der Waals surface area contributed by atoms with Gasteiger partial charge in [0, 0.05) is 18.2 Å². The lowest BCUT2D eigenvalue weighted by molar-refractivity contribution is 0.377. The molecule has 0 unspecified atom stereocenters. The van der Waals surface area contributed by atoms with E-state index in [-0.39, 0.29) is 0 Å². The Morgan fingerprint density at radius 1 is 1.05 bits per heavy atom. The summed E-state index contributed by atoms with van der Waals surface area (Å²) in [7, 11) is 0. The molecule has 0 aliphatic carbocycles. The van der Waals surface area contributed by atoms with Gasteiger partial charge >= 0.3 is 0 Å². The molecule has 3 aromatic heterocycles. The number of aryl methyl sites for hydroxylation is 3. The third-order valence-electron chi connectivity index (χ3n) is 3.13. The predicted molar refractivity (Wildman–Crippen MR) is 70.9 cm³/mol. The van der Waals surface area contributed by atoms with Gasteiger partial charge in [-0.25, -0.2) is 0 Å². The highest BCUT2D eigenvalue weighted by atomic mass is 16.5. The van der Waals surface area contributed by atoms with Crippen LogP contribution in [0.3, 0.4) is 0 Å². The van der Waals surface area contributed by atoms with E-state index in [1.54, 1.807) is 6.20 Å². The van der Waals surface area contributed by atoms with Crippen LogP contribution in [0.2, 0.25) is 0 Å². The molecule has 0 aliphatic rings. The van der Waals surface area contributed by atoms with Crippen LogP contribution < -0.4 is 0 Å². The molecular formula is C14H14N4O2. The molecule has 20 heavy (non-hydrogen) atoms. The van der Waals surface area contributed by atoms with Crippen molar-refractivity contribution in [3.05, 3.63) is 47.3 Å². The maximum absolute atomic E-state index is 5.24. The number of nitrogens with zero attached hydrogens (tertiary/aromatic N) is 4. The van der Waals surface area contributed by atoms with Gasteiger partial charge < -0.3 is 9.05 Å². The summed E-state index contributed by atoms with van der Waals surface area (Å²) in [5.74, 6) is 1.94. The first-order valence-corrected chi connectivity index (χ1v) is 6.40. The number of hydrogen-bond donors (Lipinski definition) is 0. The first kappa shape index (κ1) is 12.5. The smallest absolute Gasteiger partial charge is 0.227 e. The number of aromatic nitrogens is 4. The fourth-order valence-corrected chi connectivity index (χ4v) is 2.05. The van der Waals surface area contributed by atoms with Crippen LogP contribution in [0.15, 0.2) is 33.4 Å². The zero-order valence-electron chi connectivity index (χ0n) is 11.3. The first-order chi connectivity index (χ1) is 9.74. The highest BCUT2D eigenvalue weighted by molar-refractivity contribution is 5.47. The lowest BCUT2D eigenvalue weighted by atomic mass is 10.1. The normalized spacial score (nSPS) is 10.9. The first-order valence-electron chi connectivity index (χ1n) is 6.40. The van der Waals surface area contributed by atoms with E-state index in [0.717, 1.165) is 23.4 Å². The Morgan fingerprint density at radius 2 is 1.95 bits per heavy atom.